The number of carbonyl (C=O) groups is 1. The molecule has 3 aliphatic heterocycles. The molecule has 1 fully saturated rings. The fourth-order valence-electron chi connectivity index (χ4n) is 6.68. The molecule has 6 N–H and O–H groups in total. The highest BCUT2D eigenvalue weighted by Gasteiger charge is 2.53. The van der Waals surface area contributed by atoms with Gasteiger partial charge in [0.25, 0.3) is 11.1 Å². The molecule has 6 atom stereocenters. The number of nitrogens with zero attached hydrogens (tertiary/aromatic N) is 5. The molecule has 5 aromatic rings. The molecule has 0 radical (unpaired) electrons. The van der Waals surface area contributed by atoms with E-state index in [4.69, 9.17) is 29.2 Å². The van der Waals surface area contributed by atoms with E-state index in [1.807, 2.05) is 30.3 Å². The van der Waals surface area contributed by atoms with Crippen LogP contribution in [0.5, 0.6) is 0 Å². The van der Waals surface area contributed by atoms with Gasteiger partial charge in [-0.2, -0.15) is 4.98 Å². The molecule has 1 saturated heterocycles. The first kappa shape index (κ1) is 31.5. The Morgan fingerprint density at radius 2 is 1.96 bits per heavy atom. The van der Waals surface area contributed by atoms with Gasteiger partial charge in [0.2, 0.25) is 11.5 Å². The number of pyridine rings is 2. The van der Waals surface area contributed by atoms with Crippen LogP contribution < -0.4 is 16.9 Å². The summed E-state index contributed by atoms with van der Waals surface area (Å²) in [6, 6.07) is 11.0. The Morgan fingerprint density at radius 3 is 2.76 bits per heavy atom. The number of hydrogen-bond acceptors (Lipinski definition) is 14. The zero-order chi connectivity index (χ0) is 34.4. The summed E-state index contributed by atoms with van der Waals surface area (Å²) in [5.41, 5.74) is 4.71. The maximum Gasteiger partial charge on any atom is 0.473 e. The van der Waals surface area contributed by atoms with Crippen LogP contribution in [0, 0.1) is 0 Å². The van der Waals surface area contributed by atoms with Crippen molar-refractivity contribution in [3.8, 4) is 11.4 Å². The Morgan fingerprint density at radius 1 is 1.16 bits per heavy atom. The first-order valence-corrected chi connectivity index (χ1v) is 16.7. The molecule has 4 aromatic heterocycles. The van der Waals surface area contributed by atoms with Crippen LogP contribution in [0.1, 0.15) is 36.3 Å². The molecule has 7 heterocycles. The maximum atomic E-state index is 13.8. The largest absolute Gasteiger partial charge is 0.473 e. The fraction of sp³-hybridized carbons (Fsp3) is 0.333. The number of rotatable bonds is 7. The number of fused-ring (bicyclic) bond motifs is 6. The van der Waals surface area contributed by atoms with Crippen LogP contribution in [-0.4, -0.2) is 75.1 Å². The topological polar surface area (TPSA) is 256 Å². The lowest BCUT2D eigenvalue weighted by atomic mass is 9.86. The minimum Gasteiger partial charge on any atom is -0.458 e. The number of para-hydroxylation sites is 1. The molecule has 3 aliphatic rings. The van der Waals surface area contributed by atoms with Gasteiger partial charge in [-0.25, -0.2) is 19.3 Å². The Kier molecular flexibility index (Phi) is 7.13. The second-order valence-corrected chi connectivity index (χ2v) is 13.3. The Labute approximate surface area is 274 Å². The molecule has 8 rings (SSSR count). The number of aliphatic hydroxyl groups is 2. The van der Waals surface area contributed by atoms with Crippen molar-refractivity contribution in [2.75, 3.05) is 12.3 Å². The van der Waals surface area contributed by atoms with Crippen molar-refractivity contribution in [2.45, 2.75) is 56.6 Å². The van der Waals surface area contributed by atoms with Crippen molar-refractivity contribution in [3.05, 3.63) is 80.1 Å². The van der Waals surface area contributed by atoms with Gasteiger partial charge in [0.15, 0.2) is 17.4 Å². The highest BCUT2D eigenvalue weighted by Crippen LogP contribution is 2.54. The number of nitrogens with one attached hydrogen (secondary N) is 1. The molecule has 254 valence electrons. The zero-order valence-electron chi connectivity index (χ0n) is 25.5. The molecule has 0 spiro atoms. The van der Waals surface area contributed by atoms with E-state index in [2.05, 4.69) is 15.0 Å². The summed E-state index contributed by atoms with van der Waals surface area (Å²) in [6.45, 7) is 0.587. The summed E-state index contributed by atoms with van der Waals surface area (Å²) in [6.07, 6.45) is -5.06. The molecule has 0 saturated carbocycles. The summed E-state index contributed by atoms with van der Waals surface area (Å²) in [5, 5.41) is 22.4. The van der Waals surface area contributed by atoms with Crippen molar-refractivity contribution in [1.29, 1.82) is 0 Å². The van der Waals surface area contributed by atoms with Crippen molar-refractivity contribution in [2.24, 2.45) is 0 Å². The SMILES string of the molecule is CC[C@@]1(OP(=O)(O)OC[C@H]2O[C@@H](n3cnc4c(=O)[nH]c(N)nc43)[C@H](O)[C@@H]2O)C(=O)OCc2c1cc1n(c2=O)Cc2cc3ccccc3nc2-1. The van der Waals surface area contributed by atoms with Crippen LogP contribution in [0.2, 0.25) is 0 Å². The van der Waals surface area contributed by atoms with Crippen molar-refractivity contribution >= 4 is 41.8 Å². The predicted molar refractivity (Wildman–Crippen MR) is 168 cm³/mol. The number of benzene rings is 1. The van der Waals surface area contributed by atoms with Gasteiger partial charge in [0, 0.05) is 16.5 Å². The standard InChI is InChI=1S/C30H28N7O11P/c1-2-30(16-8-18-20-14(7-13-5-3-4-6-17(13)33-20)9-36(18)26(41)15(16)10-45-28(30)42)48-49(43,44)46-11-19-22(38)23(39)27(47-19)37-12-32-21-24(37)34-29(31)35-25(21)40/h3-8,12,19,22-23,27,38-39H,2,9-11H2,1H3,(H,43,44)(H3,31,34,35,40)/t19-,22-,23-,27-,30+/m1/s1. The summed E-state index contributed by atoms with van der Waals surface area (Å²) in [4.78, 5) is 65.3. The van der Waals surface area contributed by atoms with E-state index in [0.717, 1.165) is 17.3 Å². The van der Waals surface area contributed by atoms with Crippen LogP contribution in [0.15, 0.2) is 52.3 Å². The van der Waals surface area contributed by atoms with Gasteiger partial charge < -0.3 is 34.9 Å². The number of esters is 1. The van der Waals surface area contributed by atoms with Gasteiger partial charge in [-0.15, -0.1) is 0 Å². The van der Waals surface area contributed by atoms with Crippen LogP contribution in [0.4, 0.5) is 5.95 Å². The third-order valence-electron chi connectivity index (χ3n) is 9.12. The van der Waals surface area contributed by atoms with E-state index < -0.39 is 61.7 Å². The predicted octanol–water partition coefficient (Wildman–Crippen LogP) is 0.556. The molecular formula is C30H28N7O11P. The number of aromatic nitrogens is 6. The number of aliphatic hydroxyl groups excluding tert-OH is 2. The van der Waals surface area contributed by atoms with E-state index in [0.29, 0.717) is 16.9 Å². The number of nitrogen functional groups attached to an aromatic ring is 1. The van der Waals surface area contributed by atoms with Crippen molar-refractivity contribution < 1.29 is 43.0 Å². The lowest BCUT2D eigenvalue weighted by Gasteiger charge is -2.36. The van der Waals surface area contributed by atoms with Crippen LogP contribution in [0.3, 0.4) is 0 Å². The van der Waals surface area contributed by atoms with Gasteiger partial charge in [-0.05, 0) is 24.6 Å². The fourth-order valence-corrected chi connectivity index (χ4v) is 7.77. The highest BCUT2D eigenvalue weighted by molar-refractivity contribution is 7.47. The number of phosphoric acid groups is 1. The summed E-state index contributed by atoms with van der Waals surface area (Å²) in [7, 11) is -5.19. The molecule has 49 heavy (non-hydrogen) atoms. The Bertz CT molecular complexity index is 2370. The monoisotopic (exact) mass is 693 g/mol. The molecule has 1 aromatic carbocycles. The third-order valence-corrected chi connectivity index (χ3v) is 10.1. The normalized spacial score (nSPS) is 25.6. The molecule has 19 heteroatoms. The van der Waals surface area contributed by atoms with Crippen molar-refractivity contribution in [3.63, 3.8) is 0 Å². The molecule has 0 aliphatic carbocycles. The van der Waals surface area contributed by atoms with E-state index in [1.165, 1.54) is 16.1 Å². The number of anilines is 1. The van der Waals surface area contributed by atoms with Gasteiger partial charge in [-0.3, -0.25) is 28.2 Å². The van der Waals surface area contributed by atoms with E-state index in [9.17, 15) is 34.1 Å². The van der Waals surface area contributed by atoms with Crippen LogP contribution in [0.25, 0.3) is 33.5 Å². The summed E-state index contributed by atoms with van der Waals surface area (Å²) < 4.78 is 38.1. The number of aromatic amines is 1. The Balaban J connectivity index is 1.08. The zero-order valence-corrected chi connectivity index (χ0v) is 26.4. The minimum atomic E-state index is -5.19. The quantitative estimate of drug-likeness (QED) is 0.113. The molecule has 1 unspecified atom stereocenters. The van der Waals surface area contributed by atoms with E-state index >= 15 is 0 Å². The van der Waals surface area contributed by atoms with Gasteiger partial charge >= 0.3 is 13.8 Å². The number of hydrogen-bond donors (Lipinski definition) is 5. The summed E-state index contributed by atoms with van der Waals surface area (Å²) in [5.74, 6) is -1.23. The van der Waals surface area contributed by atoms with Gasteiger partial charge in [0.05, 0.1) is 41.9 Å². The smallest absolute Gasteiger partial charge is 0.458 e. The summed E-state index contributed by atoms with van der Waals surface area (Å²) >= 11 is 0. The molecule has 0 bridgehead atoms. The van der Waals surface area contributed by atoms with Crippen molar-refractivity contribution in [1.82, 2.24) is 29.1 Å². The number of cyclic esters (lactones) is 1. The molecule has 18 nitrogen and oxygen atoms in total. The number of H-pyrrole nitrogens is 1. The Hall–Kier alpha value is -4.81. The number of ether oxygens (including phenoxy) is 2. The van der Waals surface area contributed by atoms with Gasteiger partial charge in [-0.1, -0.05) is 25.1 Å². The van der Waals surface area contributed by atoms with E-state index in [-0.39, 0.29) is 47.8 Å². The first-order valence-electron chi connectivity index (χ1n) is 15.2. The number of nitrogens with two attached hydrogens (primary N) is 1. The second-order valence-electron chi connectivity index (χ2n) is 11.9. The minimum absolute atomic E-state index is 0.0389. The van der Waals surface area contributed by atoms with Crippen LogP contribution in [-0.2, 0) is 46.6 Å². The maximum absolute atomic E-state index is 13.8. The second kappa shape index (κ2) is 11.1. The third kappa shape index (κ3) is 4.83. The van der Waals surface area contributed by atoms with Gasteiger partial charge in [0.1, 0.15) is 24.9 Å². The number of imidazole rings is 1. The number of carbonyl (C=O) groups excluding carboxylic acids is 1. The highest BCUT2D eigenvalue weighted by atomic mass is 31.2. The van der Waals surface area contributed by atoms with Crippen LogP contribution >= 0.6 is 7.82 Å². The first-order chi connectivity index (χ1) is 23.4. The number of phosphoric ester groups is 1. The van der Waals surface area contributed by atoms with E-state index in [1.54, 1.807) is 6.07 Å². The average Bonchev–Trinajstić information content (AvgIpc) is 3.74. The molecule has 0 amide bonds. The average molecular weight is 694 g/mol. The lowest BCUT2D eigenvalue weighted by molar-refractivity contribution is -0.171. The molecular weight excluding hydrogens is 665 g/mol. The lowest BCUT2D eigenvalue weighted by Crippen LogP contribution is -2.46.